The highest BCUT2D eigenvalue weighted by Crippen LogP contribution is 2.52. The Morgan fingerprint density at radius 1 is 1.28 bits per heavy atom. The van der Waals surface area contributed by atoms with Crippen molar-refractivity contribution in [3.05, 3.63) is 24.0 Å². The predicted octanol–water partition coefficient (Wildman–Crippen LogP) is 2.68. The van der Waals surface area contributed by atoms with Gasteiger partial charge in [0.25, 0.3) is 5.91 Å². The fraction of sp³-hybridized carbons (Fsp3) is 0.632. The Kier molecular flexibility index (Phi) is 3.74. The summed E-state index contributed by atoms with van der Waals surface area (Å²) in [5.74, 6) is 0.935. The Morgan fingerprint density at radius 3 is 2.56 bits per heavy atom. The maximum Gasteiger partial charge on any atom is 0.327 e. The molecule has 6 nitrogen and oxygen atoms in total. The van der Waals surface area contributed by atoms with Crippen LogP contribution in [0.5, 0.6) is 0 Å². The van der Waals surface area contributed by atoms with Gasteiger partial charge in [-0.2, -0.15) is 0 Å². The van der Waals surface area contributed by atoms with Crippen molar-refractivity contribution >= 4 is 17.7 Å². The van der Waals surface area contributed by atoms with Crippen LogP contribution in [-0.4, -0.2) is 51.6 Å². The maximum atomic E-state index is 13.2. The number of nitrogens with zero attached hydrogens (tertiary/aromatic N) is 2. The van der Waals surface area contributed by atoms with Crippen LogP contribution in [0, 0.1) is 17.8 Å². The maximum absolute atomic E-state index is 13.2. The number of aromatic nitrogens is 1. The molecular formula is C19H25N3O3. The molecule has 6 heteroatoms. The molecule has 3 amide bonds. The number of likely N-dealkylation sites (N-methyl/N-ethyl adjacent to an activating group) is 1. The molecule has 5 rings (SSSR count). The summed E-state index contributed by atoms with van der Waals surface area (Å²) in [6.45, 7) is 1.71. The number of hydrogen-bond donors (Lipinski definition) is 1. The summed E-state index contributed by atoms with van der Waals surface area (Å²) in [4.78, 5) is 43.9. The molecule has 25 heavy (non-hydrogen) atoms. The van der Waals surface area contributed by atoms with Crippen molar-refractivity contribution < 1.29 is 14.4 Å². The van der Waals surface area contributed by atoms with Gasteiger partial charge in [-0.3, -0.25) is 14.5 Å². The van der Waals surface area contributed by atoms with Crippen molar-refractivity contribution in [3.63, 3.8) is 0 Å². The SMILES string of the molecule is CN1C(=O)N(CC(=O)c2ccc[nH]2)C(=O)C1(C)C1CC2CCC1CC2. The third kappa shape index (κ3) is 2.34. The number of carbonyl (C=O) groups excluding carboxylic acids is 3. The summed E-state index contributed by atoms with van der Waals surface area (Å²) >= 11 is 0. The van der Waals surface area contributed by atoms with E-state index in [9.17, 15) is 14.4 Å². The van der Waals surface area contributed by atoms with E-state index in [1.807, 2.05) is 6.92 Å². The first-order chi connectivity index (χ1) is 11.9. The third-order valence-corrected chi connectivity index (χ3v) is 6.86. The van der Waals surface area contributed by atoms with Crippen molar-refractivity contribution in [2.45, 2.75) is 44.6 Å². The first kappa shape index (κ1) is 16.4. The Morgan fingerprint density at radius 2 is 2.00 bits per heavy atom. The number of H-pyrrole nitrogens is 1. The lowest BCUT2D eigenvalue weighted by Gasteiger charge is -2.49. The first-order valence-corrected chi connectivity index (χ1v) is 9.19. The lowest BCUT2D eigenvalue weighted by Crippen LogP contribution is -2.56. The number of amides is 3. The molecule has 134 valence electrons. The van der Waals surface area contributed by atoms with E-state index in [1.54, 1.807) is 30.3 Å². The minimum atomic E-state index is -0.823. The third-order valence-electron chi connectivity index (χ3n) is 6.86. The highest BCUT2D eigenvalue weighted by Gasteiger charge is 2.60. The van der Waals surface area contributed by atoms with Crippen LogP contribution >= 0.6 is 0 Å². The number of Topliss-reactive ketones (excluding diaryl/α,β-unsaturated/α-hetero) is 1. The summed E-state index contributed by atoms with van der Waals surface area (Å²) in [5.41, 5.74) is -0.398. The number of imide groups is 1. The van der Waals surface area contributed by atoms with Crippen molar-refractivity contribution in [2.24, 2.45) is 17.8 Å². The standard InChI is InChI=1S/C19H25N3O3/c1-19(14-10-12-5-7-13(14)8-6-12)17(24)22(18(25)21(19)2)11-16(23)15-4-3-9-20-15/h3-4,9,12-14,20H,5-8,10-11H2,1-2H3. The predicted molar refractivity (Wildman–Crippen MR) is 92.0 cm³/mol. The lowest BCUT2D eigenvalue weighted by atomic mass is 9.59. The van der Waals surface area contributed by atoms with E-state index >= 15 is 0 Å². The minimum absolute atomic E-state index is 0.196. The van der Waals surface area contributed by atoms with Crippen LogP contribution in [0.4, 0.5) is 4.79 Å². The molecule has 0 spiro atoms. The number of carbonyl (C=O) groups is 3. The highest BCUT2D eigenvalue weighted by atomic mass is 16.2. The van der Waals surface area contributed by atoms with E-state index in [-0.39, 0.29) is 30.2 Å². The summed E-state index contributed by atoms with van der Waals surface area (Å²) in [6.07, 6.45) is 7.48. The Labute approximate surface area is 147 Å². The van der Waals surface area contributed by atoms with Gasteiger partial charge in [-0.25, -0.2) is 4.79 Å². The number of nitrogens with one attached hydrogen (secondary N) is 1. The van der Waals surface area contributed by atoms with Gasteiger partial charge in [0.2, 0.25) is 0 Å². The molecule has 1 aliphatic heterocycles. The molecule has 3 saturated carbocycles. The highest BCUT2D eigenvalue weighted by molar-refractivity contribution is 6.10. The molecule has 2 atom stereocenters. The number of fused-ring (bicyclic) bond motifs is 3. The Bertz CT molecular complexity index is 706. The molecule has 2 heterocycles. The zero-order valence-electron chi connectivity index (χ0n) is 14.8. The molecule has 3 aliphatic carbocycles. The van der Waals surface area contributed by atoms with Crippen LogP contribution in [0.2, 0.25) is 0 Å². The number of ketones is 1. The van der Waals surface area contributed by atoms with E-state index in [0.717, 1.165) is 24.2 Å². The Balaban J connectivity index is 1.59. The molecule has 2 bridgehead atoms. The minimum Gasteiger partial charge on any atom is -0.359 e. The van der Waals surface area contributed by atoms with Gasteiger partial charge in [-0.05, 0) is 56.1 Å². The van der Waals surface area contributed by atoms with Gasteiger partial charge in [0.05, 0.1) is 12.2 Å². The molecular weight excluding hydrogens is 318 g/mol. The van der Waals surface area contributed by atoms with E-state index < -0.39 is 5.54 Å². The average molecular weight is 343 g/mol. The van der Waals surface area contributed by atoms with Crippen LogP contribution in [-0.2, 0) is 4.79 Å². The monoisotopic (exact) mass is 343 g/mol. The Hall–Kier alpha value is -2.11. The van der Waals surface area contributed by atoms with Gasteiger partial charge < -0.3 is 9.88 Å². The van der Waals surface area contributed by atoms with Crippen LogP contribution in [0.1, 0.15) is 49.5 Å². The average Bonchev–Trinajstić information content (AvgIpc) is 3.23. The van der Waals surface area contributed by atoms with Crippen molar-refractivity contribution in [1.82, 2.24) is 14.8 Å². The molecule has 4 fully saturated rings. The second-order valence-electron chi connectivity index (χ2n) is 8.01. The van der Waals surface area contributed by atoms with Crippen molar-refractivity contribution in [3.8, 4) is 0 Å². The summed E-state index contributed by atoms with van der Waals surface area (Å²) < 4.78 is 0. The van der Waals surface area contributed by atoms with Crippen LogP contribution in [0.15, 0.2) is 18.3 Å². The fourth-order valence-electron chi connectivity index (χ4n) is 5.23. The normalized spacial score (nSPS) is 34.9. The second-order valence-corrected chi connectivity index (χ2v) is 8.01. The molecule has 0 radical (unpaired) electrons. The smallest absolute Gasteiger partial charge is 0.327 e. The molecule has 4 aliphatic rings. The van der Waals surface area contributed by atoms with Crippen LogP contribution in [0.25, 0.3) is 0 Å². The van der Waals surface area contributed by atoms with E-state index in [2.05, 4.69) is 4.98 Å². The number of urea groups is 1. The van der Waals surface area contributed by atoms with Gasteiger partial charge in [0.15, 0.2) is 5.78 Å². The quantitative estimate of drug-likeness (QED) is 0.675. The van der Waals surface area contributed by atoms with Crippen LogP contribution < -0.4 is 0 Å². The fourth-order valence-corrected chi connectivity index (χ4v) is 5.23. The number of rotatable bonds is 4. The largest absolute Gasteiger partial charge is 0.359 e. The molecule has 1 saturated heterocycles. The summed E-state index contributed by atoms with van der Waals surface area (Å²) in [7, 11) is 1.71. The number of aromatic amines is 1. The van der Waals surface area contributed by atoms with Gasteiger partial charge in [-0.15, -0.1) is 0 Å². The topological polar surface area (TPSA) is 73.5 Å². The van der Waals surface area contributed by atoms with Crippen molar-refractivity contribution in [1.29, 1.82) is 0 Å². The summed E-state index contributed by atoms with van der Waals surface area (Å²) in [5, 5.41) is 0. The van der Waals surface area contributed by atoms with E-state index in [4.69, 9.17) is 0 Å². The zero-order valence-corrected chi connectivity index (χ0v) is 14.8. The summed E-state index contributed by atoms with van der Waals surface area (Å²) in [6, 6.07) is 3.04. The van der Waals surface area contributed by atoms with Crippen molar-refractivity contribution in [2.75, 3.05) is 13.6 Å². The second kappa shape index (κ2) is 5.71. The first-order valence-electron chi connectivity index (χ1n) is 9.19. The molecule has 1 aromatic rings. The lowest BCUT2D eigenvalue weighted by molar-refractivity contribution is -0.138. The number of hydrogen-bond acceptors (Lipinski definition) is 3. The van der Waals surface area contributed by atoms with Gasteiger partial charge in [0, 0.05) is 13.2 Å². The van der Waals surface area contributed by atoms with Gasteiger partial charge in [-0.1, -0.05) is 12.8 Å². The van der Waals surface area contributed by atoms with E-state index in [0.29, 0.717) is 17.5 Å². The molecule has 1 N–H and O–H groups in total. The zero-order chi connectivity index (χ0) is 17.8. The van der Waals surface area contributed by atoms with Crippen LogP contribution in [0.3, 0.4) is 0 Å². The molecule has 0 aromatic carbocycles. The van der Waals surface area contributed by atoms with Gasteiger partial charge >= 0.3 is 6.03 Å². The molecule has 1 aromatic heterocycles. The van der Waals surface area contributed by atoms with E-state index in [1.165, 1.54) is 12.8 Å². The molecule has 2 unspecified atom stereocenters. The van der Waals surface area contributed by atoms with Gasteiger partial charge in [0.1, 0.15) is 5.54 Å².